The average molecular weight is 500 g/mol. The van der Waals surface area contributed by atoms with Gasteiger partial charge in [-0.25, -0.2) is 0 Å². The van der Waals surface area contributed by atoms with Gasteiger partial charge < -0.3 is 14.2 Å². The van der Waals surface area contributed by atoms with Crippen molar-refractivity contribution in [3.63, 3.8) is 0 Å². The van der Waals surface area contributed by atoms with Crippen LogP contribution in [-0.2, 0) is 11.2 Å². The predicted octanol–water partition coefficient (Wildman–Crippen LogP) is 5.88. The van der Waals surface area contributed by atoms with Crippen molar-refractivity contribution in [2.75, 3.05) is 7.11 Å². The number of halogens is 2. The molecule has 0 amide bonds. The summed E-state index contributed by atoms with van der Waals surface area (Å²) in [7, 11) is 1.56. The maximum absolute atomic E-state index is 12.7. The summed E-state index contributed by atoms with van der Waals surface area (Å²) < 4.78 is 17.3. The maximum atomic E-state index is 12.7. The molecule has 5 nitrogen and oxygen atoms in total. The number of hydrogen-bond acceptors (Lipinski definition) is 5. The van der Waals surface area contributed by atoms with Crippen LogP contribution < -0.4 is 14.2 Å². The Labute approximate surface area is 192 Å². The normalized spacial score (nSPS) is 13.6. The number of Topliss-reactive ketones (excluding diaryl/α,β-unsaturated/α-hetero) is 1. The van der Waals surface area contributed by atoms with Gasteiger partial charge in [0, 0.05) is 21.1 Å². The standard InChI is InChI=1S/C24H16BrClO5/c1-29-20-9-4-16(25)11-15(20)12-22-24(28)19-8-7-18(13-21(19)31-22)30-23(27)10-14-2-5-17(26)6-3-14/h2-9,11-13H,10H2,1H3/b22-12-. The van der Waals surface area contributed by atoms with Crippen LogP contribution in [-0.4, -0.2) is 18.9 Å². The fourth-order valence-electron chi connectivity index (χ4n) is 3.13. The van der Waals surface area contributed by atoms with E-state index in [-0.39, 0.29) is 18.0 Å². The van der Waals surface area contributed by atoms with Gasteiger partial charge in [-0.05, 0) is 54.1 Å². The molecule has 0 bridgehead atoms. The minimum atomic E-state index is -0.429. The van der Waals surface area contributed by atoms with Crippen LogP contribution in [0.3, 0.4) is 0 Å². The van der Waals surface area contributed by atoms with E-state index in [2.05, 4.69) is 15.9 Å². The zero-order chi connectivity index (χ0) is 22.0. The van der Waals surface area contributed by atoms with E-state index in [0.29, 0.717) is 33.4 Å². The van der Waals surface area contributed by atoms with Crippen molar-refractivity contribution in [2.24, 2.45) is 0 Å². The lowest BCUT2D eigenvalue weighted by Gasteiger charge is -2.07. The largest absolute Gasteiger partial charge is 0.496 e. The van der Waals surface area contributed by atoms with E-state index in [1.807, 2.05) is 12.1 Å². The number of ketones is 1. The maximum Gasteiger partial charge on any atom is 0.315 e. The van der Waals surface area contributed by atoms with Crippen LogP contribution in [0.25, 0.3) is 6.08 Å². The molecule has 0 saturated heterocycles. The van der Waals surface area contributed by atoms with Crippen molar-refractivity contribution in [3.05, 3.63) is 92.6 Å². The van der Waals surface area contributed by atoms with Gasteiger partial charge in [0.2, 0.25) is 5.78 Å². The number of carbonyl (C=O) groups is 2. The molecule has 156 valence electrons. The lowest BCUT2D eigenvalue weighted by atomic mass is 10.1. The fraction of sp³-hybridized carbons (Fsp3) is 0.0833. The second-order valence-corrected chi connectivity index (χ2v) is 8.11. The van der Waals surface area contributed by atoms with Crippen LogP contribution in [0.4, 0.5) is 0 Å². The molecule has 0 spiro atoms. The van der Waals surface area contributed by atoms with E-state index in [0.717, 1.165) is 10.0 Å². The Morgan fingerprint density at radius 3 is 2.61 bits per heavy atom. The Kier molecular flexibility index (Phi) is 6.11. The second-order valence-electron chi connectivity index (χ2n) is 6.76. The van der Waals surface area contributed by atoms with Crippen molar-refractivity contribution in [3.8, 4) is 17.2 Å². The number of esters is 1. The molecular formula is C24H16BrClO5. The van der Waals surface area contributed by atoms with Gasteiger partial charge in [-0.3, -0.25) is 9.59 Å². The molecule has 0 N–H and O–H groups in total. The van der Waals surface area contributed by atoms with E-state index < -0.39 is 5.97 Å². The highest BCUT2D eigenvalue weighted by Gasteiger charge is 2.28. The summed E-state index contributed by atoms with van der Waals surface area (Å²) in [5, 5.41) is 0.599. The van der Waals surface area contributed by atoms with Crippen LogP contribution in [0, 0.1) is 0 Å². The monoisotopic (exact) mass is 498 g/mol. The van der Waals surface area contributed by atoms with Gasteiger partial charge >= 0.3 is 5.97 Å². The number of methoxy groups -OCH3 is 1. The molecule has 1 aliphatic rings. The molecule has 0 unspecified atom stereocenters. The number of hydrogen-bond donors (Lipinski definition) is 0. The lowest BCUT2D eigenvalue weighted by molar-refractivity contribution is -0.133. The second kappa shape index (κ2) is 8.96. The molecule has 0 radical (unpaired) electrons. The summed E-state index contributed by atoms with van der Waals surface area (Å²) >= 11 is 9.27. The number of fused-ring (bicyclic) bond motifs is 1. The van der Waals surface area contributed by atoms with Crippen LogP contribution in [0.15, 0.2) is 70.9 Å². The third-order valence-corrected chi connectivity index (χ3v) is 5.36. The number of rotatable bonds is 5. The Balaban J connectivity index is 1.51. The highest BCUT2D eigenvalue weighted by atomic mass is 79.9. The van der Waals surface area contributed by atoms with Gasteiger partial charge in [0.05, 0.1) is 19.1 Å². The average Bonchev–Trinajstić information content (AvgIpc) is 3.04. The summed E-state index contributed by atoms with van der Waals surface area (Å²) in [5.41, 5.74) is 1.88. The first-order chi connectivity index (χ1) is 14.9. The molecule has 31 heavy (non-hydrogen) atoms. The van der Waals surface area contributed by atoms with E-state index in [9.17, 15) is 9.59 Å². The molecule has 0 aliphatic carbocycles. The molecule has 7 heteroatoms. The molecular weight excluding hydrogens is 484 g/mol. The first-order valence-electron chi connectivity index (χ1n) is 9.30. The van der Waals surface area contributed by atoms with Crippen molar-refractivity contribution < 1.29 is 23.8 Å². The van der Waals surface area contributed by atoms with Crippen LogP contribution >= 0.6 is 27.5 Å². The first kappa shape index (κ1) is 21.2. The minimum Gasteiger partial charge on any atom is -0.496 e. The smallest absolute Gasteiger partial charge is 0.315 e. The van der Waals surface area contributed by atoms with Gasteiger partial charge in [0.15, 0.2) is 5.76 Å². The Bertz CT molecular complexity index is 1200. The SMILES string of the molecule is COc1ccc(Br)cc1/C=C1\Oc2cc(OC(=O)Cc3ccc(Cl)cc3)ccc2C1=O. The number of benzene rings is 3. The lowest BCUT2D eigenvalue weighted by Crippen LogP contribution is -2.11. The van der Waals surface area contributed by atoms with E-state index in [1.54, 1.807) is 55.7 Å². The summed E-state index contributed by atoms with van der Waals surface area (Å²) in [5.74, 6) is 0.724. The highest BCUT2D eigenvalue weighted by molar-refractivity contribution is 9.10. The van der Waals surface area contributed by atoms with Crippen LogP contribution in [0.5, 0.6) is 17.2 Å². The van der Waals surface area contributed by atoms with E-state index >= 15 is 0 Å². The van der Waals surface area contributed by atoms with E-state index in [4.69, 9.17) is 25.8 Å². The third kappa shape index (κ3) is 4.81. The summed E-state index contributed by atoms with van der Waals surface area (Å²) in [4.78, 5) is 25.0. The van der Waals surface area contributed by atoms with E-state index in [1.165, 1.54) is 6.07 Å². The van der Waals surface area contributed by atoms with Gasteiger partial charge in [-0.2, -0.15) is 0 Å². The number of allylic oxidation sites excluding steroid dienone is 1. The Morgan fingerprint density at radius 1 is 1.10 bits per heavy atom. The minimum absolute atomic E-state index is 0.0991. The molecule has 3 aromatic rings. The molecule has 4 rings (SSSR count). The highest BCUT2D eigenvalue weighted by Crippen LogP contribution is 2.36. The Morgan fingerprint density at radius 2 is 1.87 bits per heavy atom. The van der Waals surface area contributed by atoms with Crippen molar-refractivity contribution in [2.45, 2.75) is 6.42 Å². The van der Waals surface area contributed by atoms with Crippen molar-refractivity contribution >= 4 is 45.4 Å². The third-order valence-electron chi connectivity index (χ3n) is 4.61. The molecule has 0 fully saturated rings. The topological polar surface area (TPSA) is 61.8 Å². The van der Waals surface area contributed by atoms with Gasteiger partial charge in [0.25, 0.3) is 0 Å². The summed E-state index contributed by atoms with van der Waals surface area (Å²) in [6, 6.07) is 17.1. The van der Waals surface area contributed by atoms with Crippen molar-refractivity contribution in [1.82, 2.24) is 0 Å². The molecule has 3 aromatic carbocycles. The molecule has 0 atom stereocenters. The zero-order valence-corrected chi connectivity index (χ0v) is 18.7. The predicted molar refractivity (Wildman–Crippen MR) is 121 cm³/mol. The van der Waals surface area contributed by atoms with Gasteiger partial charge in [0.1, 0.15) is 17.2 Å². The van der Waals surface area contributed by atoms with Gasteiger partial charge in [-0.15, -0.1) is 0 Å². The summed E-state index contributed by atoms with van der Waals surface area (Å²) in [6.45, 7) is 0. The summed E-state index contributed by atoms with van der Waals surface area (Å²) in [6.07, 6.45) is 1.72. The fourth-order valence-corrected chi connectivity index (χ4v) is 3.63. The van der Waals surface area contributed by atoms with Crippen LogP contribution in [0.2, 0.25) is 5.02 Å². The quantitative estimate of drug-likeness (QED) is 0.249. The molecule has 0 saturated carbocycles. The first-order valence-corrected chi connectivity index (χ1v) is 10.5. The Hall–Kier alpha value is -3.09. The molecule has 1 aliphatic heterocycles. The number of ether oxygens (including phenoxy) is 3. The number of carbonyl (C=O) groups excluding carboxylic acids is 2. The van der Waals surface area contributed by atoms with Crippen molar-refractivity contribution in [1.29, 1.82) is 0 Å². The van der Waals surface area contributed by atoms with Gasteiger partial charge in [-0.1, -0.05) is 39.7 Å². The zero-order valence-electron chi connectivity index (χ0n) is 16.4. The molecule has 0 aromatic heterocycles. The molecule has 1 heterocycles. The van der Waals surface area contributed by atoms with Crippen LogP contribution in [0.1, 0.15) is 21.5 Å².